The lowest BCUT2D eigenvalue weighted by Crippen LogP contribution is -2.26. The molecule has 27 heavy (non-hydrogen) atoms. The van der Waals surface area contributed by atoms with Gasteiger partial charge in [0.05, 0.1) is 11.4 Å². The zero-order valence-corrected chi connectivity index (χ0v) is 17.1. The lowest BCUT2D eigenvalue weighted by Gasteiger charge is -2.12. The Balaban J connectivity index is 2.00. The minimum Gasteiger partial charge on any atom is -0.454 e. The van der Waals surface area contributed by atoms with Crippen molar-refractivity contribution in [3.8, 4) is 0 Å². The summed E-state index contributed by atoms with van der Waals surface area (Å²) in [4.78, 5) is 47.8. The molecule has 0 saturated carbocycles. The van der Waals surface area contributed by atoms with Gasteiger partial charge in [0.1, 0.15) is 0 Å². The molecule has 0 aromatic carbocycles. The Hall–Kier alpha value is -2.48. The summed E-state index contributed by atoms with van der Waals surface area (Å²) in [7, 11) is 0. The first kappa shape index (κ1) is 20.8. The van der Waals surface area contributed by atoms with E-state index in [-0.39, 0.29) is 17.3 Å². The van der Waals surface area contributed by atoms with Gasteiger partial charge in [-0.3, -0.25) is 14.4 Å². The van der Waals surface area contributed by atoms with Gasteiger partial charge in [-0.25, -0.2) is 9.97 Å². The number of aromatic nitrogens is 3. The first-order valence-electron chi connectivity index (χ1n) is 8.49. The van der Waals surface area contributed by atoms with Crippen LogP contribution >= 0.6 is 11.8 Å². The van der Waals surface area contributed by atoms with E-state index >= 15 is 0 Å². The van der Waals surface area contributed by atoms with Gasteiger partial charge in [0, 0.05) is 22.6 Å². The number of hydrogen-bond acceptors (Lipinski definition) is 7. The van der Waals surface area contributed by atoms with Gasteiger partial charge in [0.2, 0.25) is 5.78 Å². The first-order chi connectivity index (χ1) is 12.6. The third-order valence-electron chi connectivity index (χ3n) is 3.99. The molecule has 1 N–H and O–H groups in total. The van der Waals surface area contributed by atoms with Crippen molar-refractivity contribution < 1.29 is 19.1 Å². The number of ketones is 2. The van der Waals surface area contributed by atoms with Crippen LogP contribution in [0.25, 0.3) is 0 Å². The van der Waals surface area contributed by atoms with E-state index in [0.717, 1.165) is 23.1 Å². The molecule has 0 saturated heterocycles. The summed E-state index contributed by atoms with van der Waals surface area (Å²) in [5.41, 5.74) is 3.64. The maximum absolute atomic E-state index is 12.6. The molecule has 2 aromatic heterocycles. The second-order valence-corrected chi connectivity index (χ2v) is 7.34. The molecular weight excluding hydrogens is 366 g/mol. The second kappa shape index (κ2) is 8.47. The minimum atomic E-state index is -0.963. The van der Waals surface area contributed by atoms with Gasteiger partial charge in [0.15, 0.2) is 17.0 Å². The molecule has 2 heterocycles. The number of aryl methyl sites for hydroxylation is 3. The molecule has 2 aromatic rings. The van der Waals surface area contributed by atoms with Crippen LogP contribution in [-0.4, -0.2) is 44.3 Å². The monoisotopic (exact) mass is 389 g/mol. The molecule has 1 atom stereocenters. The molecule has 7 nitrogen and oxygen atoms in total. The number of nitrogens with one attached hydrogen (secondary N) is 1. The van der Waals surface area contributed by atoms with Gasteiger partial charge < -0.3 is 9.72 Å². The number of nitrogens with zero attached hydrogens (tertiary/aromatic N) is 2. The van der Waals surface area contributed by atoms with Crippen molar-refractivity contribution in [2.45, 2.75) is 52.8 Å². The lowest BCUT2D eigenvalue weighted by molar-refractivity contribution is -0.143. The van der Waals surface area contributed by atoms with Gasteiger partial charge in [-0.15, -0.1) is 0 Å². The number of hydrogen-bond donors (Lipinski definition) is 1. The zero-order chi connectivity index (χ0) is 20.3. The van der Waals surface area contributed by atoms with Crippen LogP contribution in [0, 0.1) is 27.7 Å². The van der Waals surface area contributed by atoms with E-state index < -0.39 is 12.1 Å². The average Bonchev–Trinajstić information content (AvgIpc) is 2.85. The van der Waals surface area contributed by atoms with Crippen molar-refractivity contribution in [1.82, 2.24) is 15.0 Å². The number of carbonyl (C=O) groups excluding carboxylic acids is 3. The van der Waals surface area contributed by atoms with Crippen molar-refractivity contribution in [3.05, 3.63) is 40.0 Å². The molecule has 0 amide bonds. The number of esters is 1. The number of ether oxygens (including phenoxy) is 1. The molecule has 0 aliphatic heterocycles. The quantitative estimate of drug-likeness (QED) is 0.336. The Morgan fingerprint density at radius 2 is 1.74 bits per heavy atom. The summed E-state index contributed by atoms with van der Waals surface area (Å²) < 4.78 is 5.24. The number of thioether (sulfide) groups is 1. The molecule has 0 radical (unpaired) electrons. The summed E-state index contributed by atoms with van der Waals surface area (Å²) in [6.45, 7) is 10.1. The zero-order valence-electron chi connectivity index (χ0n) is 16.3. The average molecular weight is 389 g/mol. The Morgan fingerprint density at radius 1 is 1.15 bits per heavy atom. The summed E-state index contributed by atoms with van der Waals surface area (Å²) in [5, 5.41) is 0.491. The second-order valence-electron chi connectivity index (χ2n) is 6.40. The highest BCUT2D eigenvalue weighted by Crippen LogP contribution is 2.21. The van der Waals surface area contributed by atoms with Gasteiger partial charge in [0.25, 0.3) is 0 Å². The number of rotatable bonds is 7. The van der Waals surface area contributed by atoms with Crippen molar-refractivity contribution >= 4 is 29.3 Å². The highest BCUT2D eigenvalue weighted by Gasteiger charge is 2.26. The molecule has 0 spiro atoms. The lowest BCUT2D eigenvalue weighted by atomic mass is 10.0. The van der Waals surface area contributed by atoms with Crippen molar-refractivity contribution in [2.24, 2.45) is 0 Å². The predicted molar refractivity (Wildman–Crippen MR) is 102 cm³/mol. The smallest absolute Gasteiger partial charge is 0.317 e. The van der Waals surface area contributed by atoms with Crippen LogP contribution in [0.15, 0.2) is 11.2 Å². The fourth-order valence-electron chi connectivity index (χ4n) is 2.89. The van der Waals surface area contributed by atoms with Crippen LogP contribution in [-0.2, 0) is 9.53 Å². The highest BCUT2D eigenvalue weighted by atomic mass is 32.2. The van der Waals surface area contributed by atoms with Crippen LogP contribution in [0.3, 0.4) is 0 Å². The maximum Gasteiger partial charge on any atom is 0.317 e. The molecule has 0 fully saturated rings. The van der Waals surface area contributed by atoms with E-state index in [0.29, 0.717) is 27.7 Å². The number of carbonyl (C=O) groups is 3. The molecule has 2 rings (SSSR count). The van der Waals surface area contributed by atoms with E-state index in [9.17, 15) is 14.4 Å². The summed E-state index contributed by atoms with van der Waals surface area (Å²) >= 11 is 1.16. The molecule has 144 valence electrons. The van der Waals surface area contributed by atoms with Gasteiger partial charge in [-0.2, -0.15) is 0 Å². The third kappa shape index (κ3) is 5.03. The maximum atomic E-state index is 12.6. The number of H-pyrrole nitrogens is 1. The van der Waals surface area contributed by atoms with Gasteiger partial charge in [-0.05, 0) is 53.2 Å². The van der Waals surface area contributed by atoms with Crippen LogP contribution in [0.4, 0.5) is 0 Å². The topological polar surface area (TPSA) is 102 Å². The highest BCUT2D eigenvalue weighted by molar-refractivity contribution is 7.99. The normalized spacial score (nSPS) is 11.9. The van der Waals surface area contributed by atoms with E-state index in [4.69, 9.17) is 4.74 Å². The fraction of sp³-hybridized carbons (Fsp3) is 0.421. The van der Waals surface area contributed by atoms with Crippen molar-refractivity contribution in [2.75, 3.05) is 5.75 Å². The van der Waals surface area contributed by atoms with Crippen molar-refractivity contribution in [3.63, 3.8) is 0 Å². The Bertz CT molecular complexity index is 884. The van der Waals surface area contributed by atoms with Gasteiger partial charge >= 0.3 is 5.97 Å². The largest absolute Gasteiger partial charge is 0.454 e. The van der Waals surface area contributed by atoms with Gasteiger partial charge in [-0.1, -0.05) is 11.8 Å². The van der Waals surface area contributed by atoms with Crippen LogP contribution in [0.1, 0.15) is 57.3 Å². The molecule has 0 bridgehead atoms. The Labute approximate surface area is 162 Å². The number of Topliss-reactive ketones (excluding diaryl/α,β-unsaturated/α-hetero) is 2. The van der Waals surface area contributed by atoms with Crippen LogP contribution < -0.4 is 0 Å². The van der Waals surface area contributed by atoms with E-state index in [1.165, 1.54) is 13.8 Å². The molecule has 0 unspecified atom stereocenters. The van der Waals surface area contributed by atoms with E-state index in [2.05, 4.69) is 15.0 Å². The summed E-state index contributed by atoms with van der Waals surface area (Å²) in [6.07, 6.45) is -0.963. The van der Waals surface area contributed by atoms with Crippen LogP contribution in [0.2, 0.25) is 0 Å². The first-order valence-corrected chi connectivity index (χ1v) is 9.47. The number of aromatic amines is 1. The Kier molecular flexibility index (Phi) is 6.54. The predicted octanol–water partition coefficient (Wildman–Crippen LogP) is 3.15. The standard InChI is InChI=1S/C19H23N3O4S/c1-9-7-10(2)21-19(20-9)27-8-15(24)26-14(6)18(25)17-11(3)16(13(5)23)12(4)22-17/h7,14,22H,8H2,1-6H3/t14-/m0/s1. The minimum absolute atomic E-state index is 0.00193. The summed E-state index contributed by atoms with van der Waals surface area (Å²) in [5.74, 6) is -1.02. The SMILES string of the molecule is CC(=O)c1c(C)[nH]c(C(=O)[C@H](C)OC(=O)CSc2nc(C)cc(C)n2)c1C. The van der Waals surface area contributed by atoms with E-state index in [1.807, 2.05) is 19.9 Å². The molecule has 0 aliphatic rings. The summed E-state index contributed by atoms with van der Waals surface area (Å²) in [6, 6.07) is 1.85. The van der Waals surface area contributed by atoms with Crippen LogP contribution in [0.5, 0.6) is 0 Å². The molecular formula is C19H23N3O4S. The molecule has 8 heteroatoms. The fourth-order valence-corrected chi connectivity index (χ4v) is 3.63. The Morgan fingerprint density at radius 3 is 2.26 bits per heavy atom. The van der Waals surface area contributed by atoms with E-state index in [1.54, 1.807) is 13.8 Å². The third-order valence-corrected chi connectivity index (χ3v) is 4.82. The molecule has 0 aliphatic carbocycles. The van der Waals surface area contributed by atoms with Crippen molar-refractivity contribution in [1.29, 1.82) is 0 Å².